The van der Waals surface area contributed by atoms with E-state index in [1.807, 2.05) is 24.3 Å². The van der Waals surface area contributed by atoms with Gasteiger partial charge in [0.05, 0.1) is 19.3 Å². The number of rotatable bonds is 7. The van der Waals surface area contributed by atoms with Crippen molar-refractivity contribution >= 4 is 28.3 Å². The van der Waals surface area contributed by atoms with Gasteiger partial charge in [-0.1, -0.05) is 31.2 Å². The zero-order chi connectivity index (χ0) is 15.1. The number of para-hydroxylation sites is 1. The van der Waals surface area contributed by atoms with E-state index in [4.69, 9.17) is 4.74 Å². The van der Waals surface area contributed by atoms with Crippen LogP contribution in [0.25, 0.3) is 0 Å². The molecule has 0 saturated heterocycles. The maximum atomic E-state index is 9.99. The maximum Gasteiger partial charge on any atom is 0.0945 e. The first kappa shape index (κ1) is 16.8. The Morgan fingerprint density at radius 3 is 2.86 bits per heavy atom. The Balaban J connectivity index is 1.65. The van der Waals surface area contributed by atoms with Crippen LogP contribution in [0.2, 0.25) is 0 Å². The second-order valence-corrected chi connectivity index (χ2v) is 6.89. The smallest absolute Gasteiger partial charge is 0.0945 e. The van der Waals surface area contributed by atoms with E-state index in [-0.39, 0.29) is 0 Å². The fraction of sp³-hybridized carbons (Fsp3) is 0.529. The first-order valence-corrected chi connectivity index (χ1v) is 8.64. The van der Waals surface area contributed by atoms with Gasteiger partial charge in [0.1, 0.15) is 0 Å². The van der Waals surface area contributed by atoms with Gasteiger partial charge >= 0.3 is 0 Å². The van der Waals surface area contributed by atoms with Crippen LogP contribution in [-0.4, -0.2) is 31.0 Å². The highest BCUT2D eigenvalue weighted by Crippen LogP contribution is 2.25. The lowest BCUT2D eigenvalue weighted by Gasteiger charge is -2.25. The molecule has 2 rings (SSSR count). The fourth-order valence-electron chi connectivity index (χ4n) is 2.49. The summed E-state index contributed by atoms with van der Waals surface area (Å²) in [5.41, 5.74) is 1.06. The molecule has 0 saturated carbocycles. The molecule has 0 spiro atoms. The van der Waals surface area contributed by atoms with Crippen LogP contribution in [-0.2, 0) is 4.74 Å². The average molecular weight is 401 g/mol. The van der Waals surface area contributed by atoms with Crippen molar-refractivity contribution < 1.29 is 9.84 Å². The second-order valence-electron chi connectivity index (χ2n) is 5.73. The average Bonchev–Trinajstić information content (AvgIpc) is 2.48. The summed E-state index contributed by atoms with van der Waals surface area (Å²) in [6.07, 6.45) is 6.25. The van der Waals surface area contributed by atoms with Gasteiger partial charge in [-0.05, 0) is 59.4 Å². The molecule has 2 N–H and O–H groups in total. The van der Waals surface area contributed by atoms with Crippen molar-refractivity contribution in [1.29, 1.82) is 0 Å². The quantitative estimate of drug-likeness (QED) is 0.541. The molecule has 0 radical (unpaired) electrons. The van der Waals surface area contributed by atoms with Gasteiger partial charge in [0.2, 0.25) is 0 Å². The minimum atomic E-state index is -0.476. The second kappa shape index (κ2) is 8.76. The first-order chi connectivity index (χ1) is 10.2. The molecule has 4 heteroatoms. The Labute approximate surface area is 140 Å². The highest BCUT2D eigenvalue weighted by molar-refractivity contribution is 14.1. The summed E-state index contributed by atoms with van der Waals surface area (Å²) in [6, 6.07) is 8.06. The highest BCUT2D eigenvalue weighted by Gasteiger charge is 2.18. The molecule has 21 heavy (non-hydrogen) atoms. The summed E-state index contributed by atoms with van der Waals surface area (Å²) in [6.45, 7) is 3.92. The molecule has 3 atom stereocenters. The van der Waals surface area contributed by atoms with Crippen molar-refractivity contribution in [3.63, 3.8) is 0 Å². The van der Waals surface area contributed by atoms with Gasteiger partial charge < -0.3 is 15.2 Å². The van der Waals surface area contributed by atoms with Crippen LogP contribution in [0.1, 0.15) is 19.8 Å². The lowest BCUT2D eigenvalue weighted by molar-refractivity contribution is 0.0175. The van der Waals surface area contributed by atoms with Crippen LogP contribution in [0, 0.1) is 15.4 Å². The SMILES string of the molecule is CC1CC=CCC1COCC(O)CNc1ccccc1I. The minimum absolute atomic E-state index is 0.392. The number of hydrogen-bond acceptors (Lipinski definition) is 3. The molecule has 1 aliphatic carbocycles. The molecule has 3 unspecified atom stereocenters. The van der Waals surface area contributed by atoms with Gasteiger partial charge in [-0.3, -0.25) is 0 Å². The summed E-state index contributed by atoms with van der Waals surface area (Å²) in [5, 5.41) is 13.3. The predicted octanol–water partition coefficient (Wildman–Crippen LogP) is 3.68. The van der Waals surface area contributed by atoms with E-state index in [0.717, 1.165) is 28.7 Å². The van der Waals surface area contributed by atoms with Crippen LogP contribution >= 0.6 is 22.6 Å². The topological polar surface area (TPSA) is 41.5 Å². The molecule has 1 aliphatic rings. The summed E-state index contributed by atoms with van der Waals surface area (Å²) in [7, 11) is 0. The van der Waals surface area contributed by atoms with Crippen LogP contribution in [0.4, 0.5) is 5.69 Å². The number of aliphatic hydroxyl groups is 1. The van der Waals surface area contributed by atoms with Gasteiger partial charge in [-0.25, -0.2) is 0 Å². The number of ether oxygens (including phenoxy) is 1. The normalized spacial score (nSPS) is 23.0. The fourth-order valence-corrected chi connectivity index (χ4v) is 3.06. The molecule has 0 heterocycles. The maximum absolute atomic E-state index is 9.99. The number of benzene rings is 1. The largest absolute Gasteiger partial charge is 0.389 e. The Morgan fingerprint density at radius 1 is 1.33 bits per heavy atom. The molecule has 0 aliphatic heterocycles. The van der Waals surface area contributed by atoms with Gasteiger partial charge in [0.15, 0.2) is 0 Å². The standard InChI is InChI=1S/C17H24INO2/c1-13-6-2-3-7-14(13)11-21-12-15(20)10-19-17-9-5-4-8-16(17)18/h2-5,8-9,13-15,19-20H,6-7,10-12H2,1H3. The third-order valence-electron chi connectivity index (χ3n) is 3.96. The molecule has 1 aromatic rings. The lowest BCUT2D eigenvalue weighted by atomic mass is 9.85. The van der Waals surface area contributed by atoms with E-state index < -0.39 is 6.10 Å². The number of anilines is 1. The number of halogens is 1. The summed E-state index contributed by atoms with van der Waals surface area (Å²) >= 11 is 2.29. The van der Waals surface area contributed by atoms with Crippen LogP contribution in [0.15, 0.2) is 36.4 Å². The molecule has 1 aromatic carbocycles. The minimum Gasteiger partial charge on any atom is -0.389 e. The van der Waals surface area contributed by atoms with Crippen LogP contribution < -0.4 is 5.32 Å². The van der Waals surface area contributed by atoms with Crippen molar-refractivity contribution in [3.05, 3.63) is 40.0 Å². The van der Waals surface area contributed by atoms with E-state index in [1.165, 1.54) is 0 Å². The van der Waals surface area contributed by atoms with Crippen molar-refractivity contribution in [2.45, 2.75) is 25.9 Å². The zero-order valence-electron chi connectivity index (χ0n) is 12.5. The first-order valence-electron chi connectivity index (χ1n) is 7.56. The van der Waals surface area contributed by atoms with E-state index in [1.54, 1.807) is 0 Å². The number of allylic oxidation sites excluding steroid dienone is 2. The molecule has 0 amide bonds. The Kier molecular flexibility index (Phi) is 6.99. The molecule has 0 bridgehead atoms. The van der Waals surface area contributed by atoms with Gasteiger partial charge in [-0.2, -0.15) is 0 Å². The lowest BCUT2D eigenvalue weighted by Crippen LogP contribution is -2.27. The molecule has 3 nitrogen and oxygen atoms in total. The van der Waals surface area contributed by atoms with Crippen molar-refractivity contribution in [1.82, 2.24) is 0 Å². The van der Waals surface area contributed by atoms with Crippen molar-refractivity contribution in [3.8, 4) is 0 Å². The number of nitrogens with one attached hydrogen (secondary N) is 1. The van der Waals surface area contributed by atoms with E-state index >= 15 is 0 Å². The van der Waals surface area contributed by atoms with E-state index in [2.05, 4.69) is 47.0 Å². The zero-order valence-corrected chi connectivity index (χ0v) is 14.6. The molecule has 116 valence electrons. The Morgan fingerprint density at radius 2 is 2.10 bits per heavy atom. The Bertz CT molecular complexity index is 464. The monoisotopic (exact) mass is 401 g/mol. The summed E-state index contributed by atoms with van der Waals surface area (Å²) < 4.78 is 6.86. The van der Waals surface area contributed by atoms with E-state index in [9.17, 15) is 5.11 Å². The number of hydrogen-bond donors (Lipinski definition) is 2. The third-order valence-corrected chi connectivity index (χ3v) is 4.90. The highest BCUT2D eigenvalue weighted by atomic mass is 127. The number of aliphatic hydroxyl groups excluding tert-OH is 1. The van der Waals surface area contributed by atoms with Crippen LogP contribution in [0.3, 0.4) is 0 Å². The van der Waals surface area contributed by atoms with Gasteiger partial charge in [-0.15, -0.1) is 0 Å². The summed E-state index contributed by atoms with van der Waals surface area (Å²) in [4.78, 5) is 0. The molecular formula is C17H24INO2. The van der Waals surface area contributed by atoms with Gasteiger partial charge in [0.25, 0.3) is 0 Å². The van der Waals surface area contributed by atoms with Crippen molar-refractivity contribution in [2.75, 3.05) is 25.1 Å². The molecule has 0 fully saturated rings. The van der Waals surface area contributed by atoms with Crippen LogP contribution in [0.5, 0.6) is 0 Å². The Hall–Kier alpha value is -0.590. The predicted molar refractivity (Wildman–Crippen MR) is 95.5 cm³/mol. The molecular weight excluding hydrogens is 377 g/mol. The summed E-state index contributed by atoms with van der Waals surface area (Å²) in [5.74, 6) is 1.27. The van der Waals surface area contributed by atoms with Crippen molar-refractivity contribution in [2.24, 2.45) is 11.8 Å². The van der Waals surface area contributed by atoms with E-state index in [0.29, 0.717) is 25.0 Å². The third kappa shape index (κ3) is 5.60. The van der Waals surface area contributed by atoms with Gasteiger partial charge in [0, 0.05) is 15.8 Å². The molecule has 0 aromatic heterocycles.